The number of rotatable bonds is 9. The summed E-state index contributed by atoms with van der Waals surface area (Å²) in [7, 11) is 0. The second-order valence-electron chi connectivity index (χ2n) is 6.14. The minimum Gasteiger partial charge on any atom is -0.550 e. The van der Waals surface area contributed by atoms with E-state index in [9.17, 15) is 29.4 Å². The number of benzene rings is 2. The van der Waals surface area contributed by atoms with Gasteiger partial charge < -0.3 is 30.9 Å². The molecule has 0 aromatic heterocycles. The zero-order chi connectivity index (χ0) is 21.6. The monoisotopic (exact) mass is 444 g/mol. The van der Waals surface area contributed by atoms with Crippen LogP contribution in [0.4, 0.5) is 0 Å². The zero-order valence-corrected chi connectivity index (χ0v) is 21.7. The number of amides is 2. The molecule has 0 fully saturated rings. The van der Waals surface area contributed by atoms with Crippen LogP contribution in [-0.4, -0.2) is 29.8 Å². The molecule has 0 unspecified atom stereocenters. The topological polar surface area (TPSA) is 152 Å². The van der Waals surface area contributed by atoms with Crippen LogP contribution < -0.4 is 80.4 Å². The first-order valence-corrected chi connectivity index (χ1v) is 8.84. The fourth-order valence-electron chi connectivity index (χ4n) is 2.32. The summed E-state index contributed by atoms with van der Waals surface area (Å²) in [5, 5.41) is 23.2. The first kappa shape index (κ1) is 31.5. The molecule has 0 radical (unpaired) electrons. The molecule has 31 heavy (non-hydrogen) atoms. The Morgan fingerprint density at radius 1 is 0.806 bits per heavy atom. The first-order chi connectivity index (χ1) is 13.8. The summed E-state index contributed by atoms with van der Waals surface area (Å²) in [5.74, 6) is -3.53. The van der Waals surface area contributed by atoms with Gasteiger partial charge in [-0.25, -0.2) is 0 Å². The number of aliphatic carboxylic acids is 2. The average molecular weight is 444 g/mol. The van der Waals surface area contributed by atoms with E-state index in [0.29, 0.717) is 0 Å². The van der Waals surface area contributed by atoms with Crippen molar-refractivity contribution in [2.45, 2.75) is 31.7 Å². The predicted octanol–water partition coefficient (Wildman–Crippen LogP) is -7.28. The molecular formula is C21H22N2Na2O6. The predicted molar refractivity (Wildman–Crippen MR) is 101 cm³/mol. The van der Waals surface area contributed by atoms with Gasteiger partial charge in [-0.05, 0) is 17.5 Å². The van der Waals surface area contributed by atoms with Crippen LogP contribution in [0.25, 0.3) is 0 Å². The smallest absolute Gasteiger partial charge is 0.550 e. The molecule has 0 heterocycles. The first-order valence-electron chi connectivity index (χ1n) is 8.84. The van der Waals surface area contributed by atoms with Crippen molar-refractivity contribution >= 4 is 23.8 Å². The summed E-state index contributed by atoms with van der Waals surface area (Å²) in [6.45, 7) is 0. The van der Waals surface area contributed by atoms with Crippen LogP contribution in [-0.2, 0) is 32.0 Å². The number of hydrogen-bond donors (Lipinski definition) is 2. The van der Waals surface area contributed by atoms with Crippen LogP contribution in [0.15, 0.2) is 60.7 Å². The third kappa shape index (κ3) is 15.7. The van der Waals surface area contributed by atoms with Gasteiger partial charge >= 0.3 is 59.1 Å². The molecule has 2 aromatic carbocycles. The van der Waals surface area contributed by atoms with Gasteiger partial charge in [-0.1, -0.05) is 60.7 Å². The van der Waals surface area contributed by atoms with E-state index in [1.54, 1.807) is 48.5 Å². The van der Waals surface area contributed by atoms with Crippen LogP contribution in [0.5, 0.6) is 0 Å². The molecule has 154 valence electrons. The van der Waals surface area contributed by atoms with Gasteiger partial charge in [-0.15, -0.1) is 0 Å². The molecule has 0 spiro atoms. The Balaban J connectivity index is 0. The van der Waals surface area contributed by atoms with Crippen LogP contribution in [0, 0.1) is 0 Å². The van der Waals surface area contributed by atoms with E-state index in [1.807, 2.05) is 12.1 Å². The molecule has 0 saturated heterocycles. The van der Waals surface area contributed by atoms with Crippen LogP contribution >= 0.6 is 0 Å². The van der Waals surface area contributed by atoms with Crippen molar-refractivity contribution < 1.29 is 88.5 Å². The third-order valence-electron chi connectivity index (χ3n) is 3.70. The van der Waals surface area contributed by atoms with E-state index in [2.05, 4.69) is 5.32 Å². The Labute approximate surface area is 225 Å². The maximum absolute atomic E-state index is 11.7. The van der Waals surface area contributed by atoms with Gasteiger partial charge in [-0.2, -0.15) is 0 Å². The summed E-state index contributed by atoms with van der Waals surface area (Å²) >= 11 is 0. The quantitative estimate of drug-likeness (QED) is 0.367. The number of carbonyl (C=O) groups is 4. The van der Waals surface area contributed by atoms with E-state index in [4.69, 9.17) is 5.73 Å². The van der Waals surface area contributed by atoms with Crippen molar-refractivity contribution in [1.29, 1.82) is 0 Å². The Kier molecular flexibility index (Phi) is 18.2. The Morgan fingerprint density at radius 3 is 1.65 bits per heavy atom. The fraction of sp³-hybridized carbons (Fsp3) is 0.238. The van der Waals surface area contributed by atoms with Gasteiger partial charge in [0.25, 0.3) is 0 Å². The molecule has 2 amide bonds. The largest absolute Gasteiger partial charge is 1.00 e. The fourth-order valence-corrected chi connectivity index (χ4v) is 2.32. The number of carboxylic acids is 2. The number of carbonyl (C=O) groups excluding carboxylic acids is 4. The molecule has 0 aliphatic rings. The summed E-state index contributed by atoms with van der Waals surface area (Å²) in [6.07, 6.45) is -0.121. The summed E-state index contributed by atoms with van der Waals surface area (Å²) in [6, 6.07) is 16.7. The number of primary amides is 1. The molecular weight excluding hydrogens is 422 g/mol. The second kappa shape index (κ2) is 17.9. The van der Waals surface area contributed by atoms with Crippen molar-refractivity contribution in [2.24, 2.45) is 5.73 Å². The normalized spacial score (nSPS) is 10.1. The minimum absolute atomic E-state index is 0. The van der Waals surface area contributed by atoms with E-state index >= 15 is 0 Å². The van der Waals surface area contributed by atoms with Gasteiger partial charge in [0.1, 0.15) is 0 Å². The summed E-state index contributed by atoms with van der Waals surface area (Å²) in [4.78, 5) is 43.1. The number of nitrogens with two attached hydrogens (primary N) is 1. The van der Waals surface area contributed by atoms with Gasteiger partial charge in [0, 0.05) is 18.8 Å². The molecule has 3 N–H and O–H groups in total. The van der Waals surface area contributed by atoms with Crippen LogP contribution in [0.2, 0.25) is 0 Å². The van der Waals surface area contributed by atoms with Crippen LogP contribution in [0.1, 0.15) is 24.0 Å². The molecule has 2 aromatic rings. The Bertz CT molecular complexity index is 819. The van der Waals surface area contributed by atoms with E-state index in [1.165, 1.54) is 0 Å². The van der Waals surface area contributed by atoms with E-state index in [-0.39, 0.29) is 84.8 Å². The molecule has 0 aliphatic heterocycles. The van der Waals surface area contributed by atoms with E-state index in [0.717, 1.165) is 11.1 Å². The van der Waals surface area contributed by atoms with Gasteiger partial charge in [-0.3, -0.25) is 9.59 Å². The summed E-state index contributed by atoms with van der Waals surface area (Å²) < 4.78 is 0. The van der Waals surface area contributed by atoms with Gasteiger partial charge in [0.2, 0.25) is 11.8 Å². The van der Waals surface area contributed by atoms with Crippen LogP contribution in [0.3, 0.4) is 0 Å². The molecule has 0 aliphatic carbocycles. The third-order valence-corrected chi connectivity index (χ3v) is 3.70. The van der Waals surface area contributed by atoms with Gasteiger partial charge in [0.05, 0.1) is 18.4 Å². The van der Waals surface area contributed by atoms with Gasteiger partial charge in [0.15, 0.2) is 0 Å². The molecule has 2 rings (SSSR count). The van der Waals surface area contributed by atoms with Crippen molar-refractivity contribution in [2.75, 3.05) is 0 Å². The molecule has 0 saturated carbocycles. The number of nitrogens with one attached hydrogen (secondary N) is 1. The maximum atomic E-state index is 11.7. The molecule has 8 nitrogen and oxygen atoms in total. The average Bonchev–Trinajstić information content (AvgIpc) is 2.66. The molecule has 10 heteroatoms. The standard InChI is InChI=1S/C13H16N2O4.C8H8O2.2Na/c14-11(16)7-6-10(13(18)19)15-12(17)8-9-4-2-1-3-5-9;9-8(10)6-7-4-2-1-3-5-7;;/h1-5,10H,6-8H2,(H2,14,16)(H,15,17)(H,18,19);1-5H,6H2,(H,9,10);;/q;;2*+1/p-2/t10-;;;/m1.../s1. The molecule has 1 atom stereocenters. The van der Waals surface area contributed by atoms with Crippen molar-refractivity contribution in [3.05, 3.63) is 71.8 Å². The van der Waals surface area contributed by atoms with Crippen molar-refractivity contribution in [3.63, 3.8) is 0 Å². The second-order valence-corrected chi connectivity index (χ2v) is 6.14. The Hall–Kier alpha value is -1.68. The van der Waals surface area contributed by atoms with Crippen molar-refractivity contribution in [3.8, 4) is 0 Å². The number of carboxylic acid groups (broad SMARTS) is 2. The zero-order valence-electron chi connectivity index (χ0n) is 17.7. The number of hydrogen-bond acceptors (Lipinski definition) is 6. The Morgan fingerprint density at radius 2 is 1.26 bits per heavy atom. The van der Waals surface area contributed by atoms with Crippen molar-refractivity contribution in [1.82, 2.24) is 5.32 Å². The summed E-state index contributed by atoms with van der Waals surface area (Å²) in [5.41, 5.74) is 6.48. The minimum atomic E-state index is -1.43. The molecule has 0 bridgehead atoms. The maximum Gasteiger partial charge on any atom is 1.00 e. The SMILES string of the molecule is NC(=O)CC[C@@H](NC(=O)Cc1ccccc1)C(=O)[O-].O=C([O-])Cc1ccccc1.[Na+].[Na+]. The van der Waals surface area contributed by atoms with E-state index < -0.39 is 29.8 Å².